The zero-order valence-corrected chi connectivity index (χ0v) is 15.3. The van der Waals surface area contributed by atoms with Crippen molar-refractivity contribution in [2.45, 2.75) is 45.2 Å². The van der Waals surface area contributed by atoms with Gasteiger partial charge < -0.3 is 14.4 Å². The molecule has 0 unspecified atom stereocenters. The molecule has 23 heavy (non-hydrogen) atoms. The van der Waals surface area contributed by atoms with Crippen molar-refractivity contribution < 1.29 is 19.1 Å². The van der Waals surface area contributed by atoms with Crippen molar-refractivity contribution in [2.24, 2.45) is 0 Å². The van der Waals surface area contributed by atoms with E-state index < -0.39 is 0 Å². The molecular formula is C17H22BrNO4. The lowest BCUT2D eigenvalue weighted by Gasteiger charge is -2.39. The van der Waals surface area contributed by atoms with Gasteiger partial charge >= 0.3 is 0 Å². The number of carbonyl (C=O) groups is 2. The van der Waals surface area contributed by atoms with Crippen LogP contribution in [-0.2, 0) is 4.79 Å². The van der Waals surface area contributed by atoms with Crippen molar-refractivity contribution in [1.29, 1.82) is 0 Å². The molecular weight excluding hydrogens is 362 g/mol. The Kier molecular flexibility index (Phi) is 6.04. The first-order chi connectivity index (χ1) is 11.0. The van der Waals surface area contributed by atoms with E-state index in [9.17, 15) is 9.59 Å². The molecule has 1 amide bonds. The normalized spacial score (nSPS) is 21.0. The van der Waals surface area contributed by atoms with Crippen molar-refractivity contribution >= 4 is 28.1 Å². The van der Waals surface area contributed by atoms with Crippen molar-refractivity contribution in [2.75, 3.05) is 13.7 Å². The van der Waals surface area contributed by atoms with E-state index in [0.29, 0.717) is 21.5 Å². The van der Waals surface area contributed by atoms with Gasteiger partial charge in [0.2, 0.25) is 0 Å². The van der Waals surface area contributed by atoms with Crippen molar-refractivity contribution in [3.8, 4) is 11.5 Å². The van der Waals surface area contributed by atoms with Gasteiger partial charge in [-0.05, 0) is 61.2 Å². The van der Waals surface area contributed by atoms with Crippen LogP contribution >= 0.6 is 15.9 Å². The van der Waals surface area contributed by atoms with E-state index in [0.717, 1.165) is 25.5 Å². The molecule has 0 bridgehead atoms. The van der Waals surface area contributed by atoms with Crippen LogP contribution in [0.4, 0.5) is 0 Å². The minimum atomic E-state index is -0.0645. The van der Waals surface area contributed by atoms with E-state index in [1.165, 1.54) is 7.11 Å². The summed E-state index contributed by atoms with van der Waals surface area (Å²) in [6.07, 6.45) is 3.92. The minimum absolute atomic E-state index is 0.0395. The maximum atomic E-state index is 12.5. The van der Waals surface area contributed by atoms with Gasteiger partial charge in [-0.2, -0.15) is 0 Å². The van der Waals surface area contributed by atoms with Crippen LogP contribution in [0.5, 0.6) is 11.5 Å². The standard InChI is InChI=1S/C17H22BrNO4/c1-11-5-4-6-12(2)19(11)17(21)10-23-16-7-13(9-20)14(18)8-15(16)22-3/h7-9,11-12H,4-6,10H2,1-3H3/t11-,12-/m0/s1. The highest BCUT2D eigenvalue weighted by atomic mass is 79.9. The Labute approximate surface area is 145 Å². The quantitative estimate of drug-likeness (QED) is 0.730. The molecule has 0 saturated carbocycles. The van der Waals surface area contributed by atoms with Crippen LogP contribution in [0.1, 0.15) is 43.5 Å². The summed E-state index contributed by atoms with van der Waals surface area (Å²) in [5.74, 6) is 0.834. The third kappa shape index (κ3) is 4.05. The number of halogens is 1. The maximum absolute atomic E-state index is 12.5. The van der Waals surface area contributed by atoms with Gasteiger partial charge in [-0.25, -0.2) is 0 Å². The van der Waals surface area contributed by atoms with Gasteiger partial charge in [0.05, 0.1) is 7.11 Å². The zero-order valence-electron chi connectivity index (χ0n) is 13.7. The molecule has 2 atom stereocenters. The van der Waals surface area contributed by atoms with E-state index in [1.807, 2.05) is 4.90 Å². The van der Waals surface area contributed by atoms with Gasteiger partial charge in [-0.1, -0.05) is 0 Å². The molecule has 0 spiro atoms. The average Bonchev–Trinajstić information content (AvgIpc) is 2.53. The predicted octanol–water partition coefficient (Wildman–Crippen LogP) is 3.44. The Hall–Kier alpha value is -1.56. The average molecular weight is 384 g/mol. The zero-order chi connectivity index (χ0) is 17.0. The van der Waals surface area contributed by atoms with E-state index in [4.69, 9.17) is 9.47 Å². The summed E-state index contributed by atoms with van der Waals surface area (Å²) in [5, 5.41) is 0. The van der Waals surface area contributed by atoms with Gasteiger partial charge in [0.15, 0.2) is 24.4 Å². The molecule has 1 fully saturated rings. The first-order valence-electron chi connectivity index (χ1n) is 7.74. The number of likely N-dealkylation sites (tertiary alicyclic amines) is 1. The smallest absolute Gasteiger partial charge is 0.260 e. The summed E-state index contributed by atoms with van der Waals surface area (Å²) in [5.41, 5.74) is 0.452. The summed E-state index contributed by atoms with van der Waals surface area (Å²) in [6.45, 7) is 4.07. The number of benzene rings is 1. The van der Waals surface area contributed by atoms with E-state index in [-0.39, 0.29) is 24.6 Å². The van der Waals surface area contributed by atoms with Crippen LogP contribution in [0.25, 0.3) is 0 Å². The molecule has 126 valence electrons. The van der Waals surface area contributed by atoms with E-state index in [2.05, 4.69) is 29.8 Å². The highest BCUT2D eigenvalue weighted by molar-refractivity contribution is 9.10. The van der Waals surface area contributed by atoms with Crippen molar-refractivity contribution in [1.82, 2.24) is 4.90 Å². The van der Waals surface area contributed by atoms with Crippen LogP contribution in [0, 0.1) is 0 Å². The van der Waals surface area contributed by atoms with E-state index >= 15 is 0 Å². The highest BCUT2D eigenvalue weighted by Gasteiger charge is 2.29. The molecule has 1 aromatic rings. The Morgan fingerprint density at radius 1 is 1.30 bits per heavy atom. The molecule has 1 aliphatic heterocycles. The molecule has 6 heteroatoms. The topological polar surface area (TPSA) is 55.8 Å². The second kappa shape index (κ2) is 7.81. The lowest BCUT2D eigenvalue weighted by molar-refractivity contribution is -0.139. The minimum Gasteiger partial charge on any atom is -0.493 e. The largest absolute Gasteiger partial charge is 0.493 e. The number of ether oxygens (including phenoxy) is 2. The monoisotopic (exact) mass is 383 g/mol. The number of nitrogens with zero attached hydrogens (tertiary/aromatic N) is 1. The van der Waals surface area contributed by atoms with Crippen molar-refractivity contribution in [3.63, 3.8) is 0 Å². The third-order valence-electron chi connectivity index (χ3n) is 4.24. The number of hydrogen-bond donors (Lipinski definition) is 0. The first kappa shape index (κ1) is 17.8. The molecule has 0 aromatic heterocycles. The molecule has 0 N–H and O–H groups in total. The predicted molar refractivity (Wildman–Crippen MR) is 91.2 cm³/mol. The van der Waals surface area contributed by atoms with E-state index in [1.54, 1.807) is 12.1 Å². The van der Waals surface area contributed by atoms with Crippen LogP contribution < -0.4 is 9.47 Å². The number of hydrogen-bond acceptors (Lipinski definition) is 4. The number of carbonyl (C=O) groups excluding carboxylic acids is 2. The van der Waals surface area contributed by atoms with Gasteiger partial charge in [0.25, 0.3) is 5.91 Å². The summed E-state index contributed by atoms with van der Waals surface area (Å²) >= 11 is 3.30. The fourth-order valence-electron chi connectivity index (χ4n) is 3.04. The molecule has 5 nitrogen and oxygen atoms in total. The van der Waals surface area contributed by atoms with Gasteiger partial charge in [-0.15, -0.1) is 0 Å². The highest BCUT2D eigenvalue weighted by Crippen LogP contribution is 2.33. The van der Waals surface area contributed by atoms with Gasteiger partial charge in [0.1, 0.15) is 0 Å². The lowest BCUT2D eigenvalue weighted by Crippen LogP contribution is -2.49. The van der Waals surface area contributed by atoms with Gasteiger partial charge in [-0.3, -0.25) is 9.59 Å². The van der Waals surface area contributed by atoms with Gasteiger partial charge in [0, 0.05) is 22.1 Å². The van der Waals surface area contributed by atoms with Crippen LogP contribution in [0.3, 0.4) is 0 Å². The van der Waals surface area contributed by atoms with Crippen LogP contribution in [-0.4, -0.2) is 42.9 Å². The number of rotatable bonds is 5. The number of methoxy groups -OCH3 is 1. The number of aldehydes is 1. The summed E-state index contributed by atoms with van der Waals surface area (Å²) in [7, 11) is 1.52. The fraction of sp³-hybridized carbons (Fsp3) is 0.529. The maximum Gasteiger partial charge on any atom is 0.260 e. The number of piperidine rings is 1. The molecule has 1 saturated heterocycles. The van der Waals surface area contributed by atoms with Crippen LogP contribution in [0.15, 0.2) is 16.6 Å². The molecule has 0 aliphatic carbocycles. The summed E-state index contributed by atoms with van der Waals surface area (Å²) in [4.78, 5) is 25.4. The first-order valence-corrected chi connectivity index (χ1v) is 8.54. The Balaban J connectivity index is 2.10. The second-order valence-electron chi connectivity index (χ2n) is 5.86. The SMILES string of the molecule is COc1cc(Br)c(C=O)cc1OCC(=O)N1[C@@H](C)CCC[C@@H]1C. The second-order valence-corrected chi connectivity index (χ2v) is 6.72. The molecule has 1 aliphatic rings. The molecule has 1 heterocycles. The van der Waals surface area contributed by atoms with Crippen LogP contribution in [0.2, 0.25) is 0 Å². The Bertz CT molecular complexity index is 580. The summed E-state index contributed by atoms with van der Waals surface area (Å²) < 4.78 is 11.5. The van der Waals surface area contributed by atoms with Crippen molar-refractivity contribution in [3.05, 3.63) is 22.2 Å². The number of amides is 1. The lowest BCUT2D eigenvalue weighted by atomic mass is 9.97. The fourth-order valence-corrected chi connectivity index (χ4v) is 3.46. The Morgan fingerprint density at radius 3 is 2.52 bits per heavy atom. The molecule has 2 rings (SSSR count). The third-order valence-corrected chi connectivity index (χ3v) is 4.93. The molecule has 0 radical (unpaired) electrons. The summed E-state index contributed by atoms with van der Waals surface area (Å²) in [6, 6.07) is 3.70. The Morgan fingerprint density at radius 2 is 1.96 bits per heavy atom. The molecule has 1 aromatic carbocycles.